The number of hydrogen-bond donors (Lipinski definition) is 2. The summed E-state index contributed by atoms with van der Waals surface area (Å²) in [5.74, 6) is 0.482. The van der Waals surface area contributed by atoms with Gasteiger partial charge < -0.3 is 14.7 Å². The van der Waals surface area contributed by atoms with Crippen LogP contribution in [-0.4, -0.2) is 15.9 Å². The Bertz CT molecular complexity index is 1790. The predicted octanol–water partition coefficient (Wildman–Crippen LogP) is 7.08. The Hall–Kier alpha value is -4.97. The molecule has 0 fully saturated rings. The minimum Gasteiger partial charge on any atom is -0.438 e. The van der Waals surface area contributed by atoms with Crippen molar-refractivity contribution in [3.63, 3.8) is 0 Å². The summed E-state index contributed by atoms with van der Waals surface area (Å²) in [4.78, 5) is 26.1. The molecule has 37 heavy (non-hydrogen) atoms. The molecule has 0 spiro atoms. The lowest BCUT2D eigenvalue weighted by Crippen LogP contribution is -2.21. The molecule has 0 aliphatic heterocycles. The molecule has 180 valence electrons. The number of carbonyl (C=O) groups excluding carboxylic acids is 1. The lowest BCUT2D eigenvalue weighted by molar-refractivity contribution is 0.102. The van der Waals surface area contributed by atoms with Crippen molar-refractivity contribution >= 4 is 39.3 Å². The number of nitrogens with zero attached hydrogens (tertiary/aromatic N) is 2. The summed E-state index contributed by atoms with van der Waals surface area (Å²) in [6.45, 7) is 4.04. The smallest absolute Gasteiger partial charge is 0.261 e. The molecule has 0 saturated carbocycles. The Morgan fingerprint density at radius 3 is 2.38 bits per heavy atom. The van der Waals surface area contributed by atoms with Crippen molar-refractivity contribution in [2.24, 2.45) is 4.99 Å². The third-order valence-electron chi connectivity index (χ3n) is 6.14. The van der Waals surface area contributed by atoms with Crippen LogP contribution < -0.4 is 10.9 Å². The van der Waals surface area contributed by atoms with Crippen molar-refractivity contribution in [1.29, 1.82) is 0 Å². The fourth-order valence-electron chi connectivity index (χ4n) is 4.45. The number of carbonyl (C=O) groups is 1. The zero-order valence-corrected chi connectivity index (χ0v) is 20.4. The summed E-state index contributed by atoms with van der Waals surface area (Å²) in [7, 11) is 0. The molecule has 0 saturated heterocycles. The second kappa shape index (κ2) is 9.24. The van der Waals surface area contributed by atoms with Crippen LogP contribution in [0.1, 0.15) is 21.5 Å². The minimum absolute atomic E-state index is 0.264. The van der Waals surface area contributed by atoms with Gasteiger partial charge in [0.1, 0.15) is 17.0 Å². The Labute approximate surface area is 213 Å². The van der Waals surface area contributed by atoms with Gasteiger partial charge in [0.25, 0.3) is 5.91 Å². The maximum atomic E-state index is 13.4. The van der Waals surface area contributed by atoms with E-state index in [1.165, 1.54) is 0 Å². The van der Waals surface area contributed by atoms with E-state index in [4.69, 9.17) is 9.41 Å². The molecular formula is C31H24N4O2. The van der Waals surface area contributed by atoms with E-state index in [0.717, 1.165) is 44.6 Å². The van der Waals surface area contributed by atoms with Crippen LogP contribution in [0.4, 0.5) is 11.4 Å². The summed E-state index contributed by atoms with van der Waals surface area (Å²) in [5.41, 5.74) is 7.70. The molecule has 2 N–H and O–H groups in total. The molecule has 2 aromatic heterocycles. The molecule has 0 radical (unpaired) electrons. The summed E-state index contributed by atoms with van der Waals surface area (Å²) < 4.78 is 6.10. The number of benzene rings is 4. The molecule has 6 nitrogen and oxygen atoms in total. The summed E-state index contributed by atoms with van der Waals surface area (Å²) in [6.07, 6.45) is 0. The van der Waals surface area contributed by atoms with Crippen LogP contribution in [0.15, 0.2) is 106 Å². The molecule has 0 bridgehead atoms. The van der Waals surface area contributed by atoms with Crippen LogP contribution in [0, 0.1) is 13.8 Å². The summed E-state index contributed by atoms with van der Waals surface area (Å²) in [6, 6.07) is 30.9. The maximum Gasteiger partial charge on any atom is 0.261 e. The summed E-state index contributed by atoms with van der Waals surface area (Å²) in [5, 5.41) is 3.81. The van der Waals surface area contributed by atoms with Gasteiger partial charge in [0, 0.05) is 16.6 Å². The van der Waals surface area contributed by atoms with Gasteiger partial charge >= 0.3 is 0 Å². The van der Waals surface area contributed by atoms with Gasteiger partial charge in [-0.25, -0.2) is 9.98 Å². The Balaban J connectivity index is 1.34. The van der Waals surface area contributed by atoms with Crippen molar-refractivity contribution in [1.82, 2.24) is 9.97 Å². The first kappa shape index (κ1) is 22.5. The van der Waals surface area contributed by atoms with Gasteiger partial charge in [-0.2, -0.15) is 0 Å². The van der Waals surface area contributed by atoms with E-state index >= 15 is 0 Å². The molecule has 0 unspecified atom stereocenters. The van der Waals surface area contributed by atoms with Crippen LogP contribution in [0.2, 0.25) is 0 Å². The van der Waals surface area contributed by atoms with E-state index in [9.17, 15) is 4.79 Å². The Morgan fingerprint density at radius 2 is 1.59 bits per heavy atom. The monoisotopic (exact) mass is 484 g/mol. The molecule has 2 heterocycles. The molecule has 0 aliphatic carbocycles. The number of imidazole rings is 1. The molecular weight excluding hydrogens is 460 g/mol. The van der Waals surface area contributed by atoms with Crippen molar-refractivity contribution < 1.29 is 9.21 Å². The van der Waals surface area contributed by atoms with E-state index in [2.05, 4.69) is 21.4 Å². The minimum atomic E-state index is -0.297. The number of nitrogens with one attached hydrogen (secondary N) is 2. The van der Waals surface area contributed by atoms with Gasteiger partial charge in [0.05, 0.1) is 16.7 Å². The van der Waals surface area contributed by atoms with Crippen LogP contribution in [0.3, 0.4) is 0 Å². The third-order valence-corrected chi connectivity index (χ3v) is 6.14. The highest BCUT2D eigenvalue weighted by atomic mass is 16.3. The number of H-pyrrole nitrogens is 1. The number of hydrogen-bond acceptors (Lipinski definition) is 4. The highest BCUT2D eigenvalue weighted by molar-refractivity contribution is 6.05. The molecule has 1 amide bonds. The normalized spacial score (nSPS) is 11.8. The number of para-hydroxylation sites is 3. The topological polar surface area (TPSA) is 83.3 Å². The second-order valence-electron chi connectivity index (χ2n) is 9.09. The van der Waals surface area contributed by atoms with E-state index < -0.39 is 0 Å². The van der Waals surface area contributed by atoms with Crippen molar-refractivity contribution in [2.75, 3.05) is 5.32 Å². The van der Waals surface area contributed by atoms with Gasteiger partial charge in [-0.15, -0.1) is 0 Å². The fraction of sp³-hybridized carbons (Fsp3) is 0.0645. The molecule has 6 aromatic rings. The summed E-state index contributed by atoms with van der Waals surface area (Å²) >= 11 is 0. The molecule has 6 rings (SSSR count). The first-order valence-electron chi connectivity index (χ1n) is 12.0. The lowest BCUT2D eigenvalue weighted by Gasteiger charge is -2.08. The number of aromatic amines is 1. The SMILES string of the molecule is Cc1cc(C)cc(N=c2oc3ccccc3cc2C(=O)Nc2ccc(-c3nc4ccccc4[nH]3)cc2)c1. The van der Waals surface area contributed by atoms with E-state index in [1.807, 2.05) is 105 Å². The zero-order valence-electron chi connectivity index (χ0n) is 20.4. The van der Waals surface area contributed by atoms with Crippen LogP contribution >= 0.6 is 0 Å². The number of rotatable bonds is 4. The van der Waals surface area contributed by atoms with Crippen LogP contribution in [0.5, 0.6) is 0 Å². The lowest BCUT2D eigenvalue weighted by atomic mass is 10.1. The fourth-order valence-corrected chi connectivity index (χ4v) is 4.45. The third kappa shape index (κ3) is 4.65. The molecule has 6 heteroatoms. The number of aromatic nitrogens is 2. The van der Waals surface area contributed by atoms with Crippen LogP contribution in [0.25, 0.3) is 33.4 Å². The zero-order chi connectivity index (χ0) is 25.4. The van der Waals surface area contributed by atoms with Gasteiger partial charge in [-0.1, -0.05) is 36.4 Å². The average Bonchev–Trinajstić information content (AvgIpc) is 3.32. The van der Waals surface area contributed by atoms with Crippen molar-refractivity contribution in [3.05, 3.63) is 119 Å². The largest absolute Gasteiger partial charge is 0.438 e. The molecule has 0 atom stereocenters. The number of amides is 1. The first-order chi connectivity index (χ1) is 18.0. The van der Waals surface area contributed by atoms with Gasteiger partial charge in [0.2, 0.25) is 5.55 Å². The average molecular weight is 485 g/mol. The van der Waals surface area contributed by atoms with Gasteiger partial charge in [-0.05, 0) is 85.6 Å². The maximum absolute atomic E-state index is 13.4. The van der Waals surface area contributed by atoms with E-state index in [1.54, 1.807) is 0 Å². The van der Waals surface area contributed by atoms with E-state index in [0.29, 0.717) is 16.8 Å². The Kier molecular flexibility index (Phi) is 5.62. The van der Waals surface area contributed by atoms with E-state index in [-0.39, 0.29) is 11.5 Å². The highest BCUT2D eigenvalue weighted by Gasteiger charge is 2.14. The van der Waals surface area contributed by atoms with Gasteiger partial charge in [-0.3, -0.25) is 4.79 Å². The Morgan fingerprint density at radius 1 is 0.865 bits per heavy atom. The highest BCUT2D eigenvalue weighted by Crippen LogP contribution is 2.23. The first-order valence-corrected chi connectivity index (χ1v) is 12.0. The second-order valence-corrected chi connectivity index (χ2v) is 9.09. The van der Waals surface area contributed by atoms with Crippen molar-refractivity contribution in [2.45, 2.75) is 13.8 Å². The van der Waals surface area contributed by atoms with Gasteiger partial charge in [0.15, 0.2) is 0 Å². The molecule has 4 aromatic carbocycles. The predicted molar refractivity (Wildman–Crippen MR) is 147 cm³/mol. The number of fused-ring (bicyclic) bond motifs is 2. The van der Waals surface area contributed by atoms with Crippen LogP contribution in [-0.2, 0) is 0 Å². The molecule has 0 aliphatic rings. The van der Waals surface area contributed by atoms with Crippen molar-refractivity contribution in [3.8, 4) is 11.4 Å². The standard InChI is InChI=1S/C31H24N4O2/c1-19-15-20(2)17-24(16-19)33-31-25(18-22-7-3-6-10-28(22)37-31)30(36)32-23-13-11-21(12-14-23)29-34-26-8-4-5-9-27(26)35-29/h3-18H,1-2H3,(H,32,36)(H,34,35). The number of anilines is 1. The number of aryl methyl sites for hydroxylation is 2. The quantitative estimate of drug-likeness (QED) is 0.280.